The number of benzene rings is 4. The van der Waals surface area contributed by atoms with E-state index in [0.29, 0.717) is 32.6 Å². The first kappa shape index (κ1) is 26.0. The summed E-state index contributed by atoms with van der Waals surface area (Å²) in [6, 6.07) is 27.3. The molecule has 9 heteroatoms. The molecule has 1 aromatic heterocycles. The van der Waals surface area contributed by atoms with Gasteiger partial charge in [0.2, 0.25) is 0 Å². The minimum atomic E-state index is -0.719. The lowest BCUT2D eigenvalue weighted by Gasteiger charge is -2.10. The van der Waals surface area contributed by atoms with Crippen LogP contribution < -0.4 is 5.68 Å². The molecule has 1 heterocycles. The predicted octanol–water partition coefficient (Wildman–Crippen LogP) is 8.46. The molecule has 0 aliphatic heterocycles. The number of oxazole rings is 1. The van der Waals surface area contributed by atoms with Crippen molar-refractivity contribution in [2.75, 3.05) is 0 Å². The molecule has 0 spiro atoms. The average molecular weight is 582 g/mol. The molecule has 1 amide bonds. The zero-order chi connectivity index (χ0) is 26.8. The van der Waals surface area contributed by atoms with Gasteiger partial charge in [-0.2, -0.15) is 4.99 Å². The number of hydrogen-bond acceptors (Lipinski definition) is 3. The zero-order valence-corrected chi connectivity index (χ0v) is 22.4. The molecule has 5 aromatic rings. The van der Waals surface area contributed by atoms with Gasteiger partial charge in [-0.15, -0.1) is 0 Å². The number of hydrogen-bond donors (Lipinski definition) is 0. The van der Waals surface area contributed by atoms with Crippen LogP contribution in [0.5, 0.6) is 0 Å². The van der Waals surface area contributed by atoms with E-state index in [1.165, 1.54) is 34.9 Å². The first-order chi connectivity index (χ1) is 18.3. The molecule has 0 unspecified atom stereocenters. The molecule has 0 aliphatic rings. The Kier molecular flexibility index (Phi) is 7.54. The molecule has 0 fully saturated rings. The molecule has 5 rings (SSSR count). The number of carbonyl (C=O) groups excluding carboxylic acids is 2. The van der Waals surface area contributed by atoms with E-state index in [2.05, 4.69) is 4.99 Å². The number of carbonyl (C=O) groups is 2. The van der Waals surface area contributed by atoms with E-state index >= 15 is 0 Å². The minimum absolute atomic E-state index is 0.0958. The van der Waals surface area contributed by atoms with Crippen molar-refractivity contribution in [2.45, 2.75) is 0 Å². The van der Waals surface area contributed by atoms with Gasteiger partial charge in [0, 0.05) is 21.2 Å². The van der Waals surface area contributed by atoms with Crippen LogP contribution in [0.2, 0.25) is 20.1 Å². The Hall–Kier alpha value is -3.61. The molecule has 5 nitrogen and oxygen atoms in total. The summed E-state index contributed by atoms with van der Waals surface area (Å²) in [6.07, 6.45) is 0. The Labute approximate surface area is 237 Å². The number of nitrogens with zero attached hydrogens (tertiary/aromatic N) is 2. The molecular weight excluding hydrogens is 566 g/mol. The first-order valence-corrected chi connectivity index (χ1v) is 12.7. The summed E-state index contributed by atoms with van der Waals surface area (Å²) in [5.41, 5.74) is 1.71. The van der Waals surface area contributed by atoms with Gasteiger partial charge in [-0.1, -0.05) is 107 Å². The first-order valence-electron chi connectivity index (χ1n) is 11.2. The summed E-state index contributed by atoms with van der Waals surface area (Å²) in [7, 11) is 0. The van der Waals surface area contributed by atoms with Gasteiger partial charge in [0.15, 0.2) is 5.76 Å². The quantitative estimate of drug-likeness (QED) is 0.214. The van der Waals surface area contributed by atoms with Gasteiger partial charge in [0.25, 0.3) is 11.8 Å². The van der Waals surface area contributed by atoms with Crippen LogP contribution in [-0.2, 0) is 0 Å². The fourth-order valence-electron chi connectivity index (χ4n) is 3.88. The number of amides is 1. The third-order valence-corrected chi connectivity index (χ3v) is 6.73. The van der Waals surface area contributed by atoms with Crippen LogP contribution >= 0.6 is 46.4 Å². The smallest absolute Gasteiger partial charge is 0.313 e. The standard InChI is InChI=1S/C29H16Cl4N2O3/c30-19-11-13-21(23(32)15-19)27(36)34-29-35(28(37)22-14-12-20(31)16-24(22)33)25(17-7-3-1-4-8-17)26(38-29)18-9-5-2-6-10-18/h1-16H. The van der Waals surface area contributed by atoms with Gasteiger partial charge < -0.3 is 4.42 Å². The van der Waals surface area contributed by atoms with Gasteiger partial charge >= 0.3 is 5.68 Å². The number of rotatable bonds is 4. The molecule has 38 heavy (non-hydrogen) atoms. The molecule has 188 valence electrons. The van der Waals surface area contributed by atoms with Gasteiger partial charge in [-0.3, -0.25) is 9.59 Å². The summed E-state index contributed by atoms with van der Waals surface area (Å²) >= 11 is 24.7. The second kappa shape index (κ2) is 11.0. The summed E-state index contributed by atoms with van der Waals surface area (Å²) in [5.74, 6) is -0.947. The summed E-state index contributed by atoms with van der Waals surface area (Å²) in [4.78, 5) is 31.5. The minimum Gasteiger partial charge on any atom is -0.422 e. The fourth-order valence-corrected chi connectivity index (χ4v) is 4.86. The second-order valence-electron chi connectivity index (χ2n) is 8.10. The third kappa shape index (κ3) is 5.19. The van der Waals surface area contributed by atoms with E-state index in [-0.39, 0.29) is 26.9 Å². The van der Waals surface area contributed by atoms with E-state index in [0.717, 1.165) is 0 Å². The molecule has 0 radical (unpaired) electrons. The van der Waals surface area contributed by atoms with E-state index in [1.54, 1.807) is 6.07 Å². The predicted molar refractivity (Wildman–Crippen MR) is 150 cm³/mol. The van der Waals surface area contributed by atoms with Crippen LogP contribution in [0.3, 0.4) is 0 Å². The van der Waals surface area contributed by atoms with Crippen LogP contribution in [0.25, 0.3) is 22.6 Å². The lowest BCUT2D eigenvalue weighted by molar-refractivity contribution is 0.0949. The van der Waals surface area contributed by atoms with Crippen LogP contribution in [0.1, 0.15) is 20.7 Å². The van der Waals surface area contributed by atoms with Crippen LogP contribution in [0.15, 0.2) is 106 Å². The van der Waals surface area contributed by atoms with Gasteiger partial charge in [-0.05, 0) is 36.4 Å². The Morgan fingerprint density at radius 2 is 1.18 bits per heavy atom. The highest BCUT2D eigenvalue weighted by molar-refractivity contribution is 6.37. The number of halogens is 4. The lowest BCUT2D eigenvalue weighted by Crippen LogP contribution is -2.27. The van der Waals surface area contributed by atoms with Crippen molar-refractivity contribution in [1.82, 2.24) is 4.57 Å². The molecule has 0 aliphatic carbocycles. The van der Waals surface area contributed by atoms with Crippen molar-refractivity contribution < 1.29 is 14.0 Å². The van der Waals surface area contributed by atoms with Crippen molar-refractivity contribution >= 4 is 58.2 Å². The fraction of sp³-hybridized carbons (Fsp3) is 0. The molecule has 0 saturated carbocycles. The maximum atomic E-state index is 14.0. The largest absolute Gasteiger partial charge is 0.422 e. The third-order valence-electron chi connectivity index (χ3n) is 5.63. The van der Waals surface area contributed by atoms with E-state index < -0.39 is 11.8 Å². The van der Waals surface area contributed by atoms with E-state index in [1.807, 2.05) is 60.7 Å². The van der Waals surface area contributed by atoms with Crippen molar-refractivity contribution in [1.29, 1.82) is 0 Å². The summed E-state index contributed by atoms with van der Waals surface area (Å²) < 4.78 is 7.40. The summed E-state index contributed by atoms with van der Waals surface area (Å²) in [5, 5.41) is 0.983. The van der Waals surface area contributed by atoms with Crippen LogP contribution in [0.4, 0.5) is 0 Å². The van der Waals surface area contributed by atoms with E-state index in [9.17, 15) is 9.59 Å². The average Bonchev–Trinajstić information content (AvgIpc) is 3.28. The Bertz CT molecular complexity index is 1740. The van der Waals surface area contributed by atoms with Crippen LogP contribution in [-0.4, -0.2) is 16.4 Å². The molecule has 0 N–H and O–H groups in total. The highest BCUT2D eigenvalue weighted by atomic mass is 35.5. The monoisotopic (exact) mass is 580 g/mol. The lowest BCUT2D eigenvalue weighted by atomic mass is 10.1. The molecule has 0 saturated heterocycles. The Balaban J connectivity index is 1.83. The Morgan fingerprint density at radius 3 is 1.74 bits per heavy atom. The van der Waals surface area contributed by atoms with Crippen molar-refractivity contribution in [3.63, 3.8) is 0 Å². The Morgan fingerprint density at radius 1 is 0.658 bits per heavy atom. The molecule has 0 bridgehead atoms. The zero-order valence-electron chi connectivity index (χ0n) is 19.4. The van der Waals surface area contributed by atoms with Crippen molar-refractivity contribution in [2.24, 2.45) is 4.99 Å². The summed E-state index contributed by atoms with van der Waals surface area (Å²) in [6.45, 7) is 0. The molecular formula is C29H16Cl4N2O3. The normalized spacial score (nSPS) is 11.5. The second-order valence-corrected chi connectivity index (χ2v) is 9.79. The van der Waals surface area contributed by atoms with Gasteiger partial charge in [0.05, 0.1) is 21.2 Å². The maximum Gasteiger partial charge on any atom is 0.313 e. The van der Waals surface area contributed by atoms with Gasteiger partial charge in [0.1, 0.15) is 5.69 Å². The topological polar surface area (TPSA) is 64.6 Å². The highest BCUT2D eigenvalue weighted by Crippen LogP contribution is 2.33. The molecule has 0 atom stereocenters. The van der Waals surface area contributed by atoms with Gasteiger partial charge in [-0.25, -0.2) is 4.57 Å². The SMILES string of the molecule is O=C(N=c1oc(-c2ccccc2)c(-c2ccccc2)n1C(=O)c1ccc(Cl)cc1Cl)c1ccc(Cl)cc1Cl. The van der Waals surface area contributed by atoms with E-state index in [4.69, 9.17) is 50.8 Å². The number of aromatic nitrogens is 1. The van der Waals surface area contributed by atoms with Crippen LogP contribution in [0, 0.1) is 0 Å². The van der Waals surface area contributed by atoms with Crippen molar-refractivity contribution in [3.05, 3.63) is 134 Å². The molecule has 4 aromatic carbocycles. The highest BCUT2D eigenvalue weighted by Gasteiger charge is 2.26. The maximum absolute atomic E-state index is 14.0. The van der Waals surface area contributed by atoms with Crippen molar-refractivity contribution in [3.8, 4) is 22.6 Å².